The van der Waals surface area contributed by atoms with Crippen molar-refractivity contribution in [3.8, 4) is 0 Å². The van der Waals surface area contributed by atoms with Crippen LogP contribution in [0.4, 0.5) is 0 Å². The summed E-state index contributed by atoms with van der Waals surface area (Å²) in [5.74, 6) is -0.308. The normalized spacial score (nSPS) is 11.5. The van der Waals surface area contributed by atoms with E-state index < -0.39 is 0 Å². The minimum atomic E-state index is -0.338. The van der Waals surface area contributed by atoms with Gasteiger partial charge in [0.05, 0.1) is 13.5 Å². The van der Waals surface area contributed by atoms with E-state index >= 15 is 0 Å². The first-order valence-corrected chi connectivity index (χ1v) is 5.01. The van der Waals surface area contributed by atoms with E-state index in [9.17, 15) is 4.79 Å². The summed E-state index contributed by atoms with van der Waals surface area (Å²) in [6, 6.07) is 5.09. The van der Waals surface area contributed by atoms with Crippen LogP contribution in [-0.4, -0.2) is 13.1 Å². The van der Waals surface area contributed by atoms with Crippen LogP contribution in [0.5, 0.6) is 0 Å². The Balaban J connectivity index is 0.00000225. The Morgan fingerprint density at radius 1 is 1.56 bits per heavy atom. The van der Waals surface area contributed by atoms with E-state index in [1.54, 1.807) is 6.07 Å². The van der Waals surface area contributed by atoms with Crippen LogP contribution in [0.3, 0.4) is 0 Å². The van der Waals surface area contributed by atoms with E-state index in [-0.39, 0.29) is 30.8 Å². The van der Waals surface area contributed by atoms with Gasteiger partial charge in [-0.05, 0) is 30.2 Å². The van der Waals surface area contributed by atoms with Gasteiger partial charge in [0.1, 0.15) is 0 Å². The number of aryl methyl sites for hydroxylation is 1. The molecule has 1 aromatic carbocycles. The van der Waals surface area contributed by atoms with Crippen molar-refractivity contribution in [1.29, 1.82) is 0 Å². The second-order valence-corrected chi connectivity index (χ2v) is 3.82. The van der Waals surface area contributed by atoms with Gasteiger partial charge in [0.2, 0.25) is 0 Å². The molecule has 1 atom stereocenters. The molecule has 0 aromatic heterocycles. The zero-order valence-corrected chi connectivity index (χ0v) is 10.8. The standard InChI is InChI=1S/C11H14ClNO2.ClH/c1-7-5-8(12)3-4-9(7)10(13)6-11(14)15-2;/h3-5,10H,6,13H2,1-2H3;1H/t10-;/m0./s1. The summed E-state index contributed by atoms with van der Waals surface area (Å²) >= 11 is 5.82. The molecule has 1 rings (SSSR count). The van der Waals surface area contributed by atoms with E-state index in [2.05, 4.69) is 4.74 Å². The molecule has 0 fully saturated rings. The van der Waals surface area contributed by atoms with Gasteiger partial charge < -0.3 is 10.5 Å². The second-order valence-electron chi connectivity index (χ2n) is 3.39. The number of ether oxygens (including phenoxy) is 1. The van der Waals surface area contributed by atoms with Gasteiger partial charge in [0.15, 0.2) is 0 Å². The van der Waals surface area contributed by atoms with Crippen molar-refractivity contribution in [1.82, 2.24) is 0 Å². The van der Waals surface area contributed by atoms with Crippen LogP contribution in [0.25, 0.3) is 0 Å². The highest BCUT2D eigenvalue weighted by Crippen LogP contribution is 2.22. The molecule has 2 N–H and O–H groups in total. The SMILES string of the molecule is COC(=O)C[C@H](N)c1ccc(Cl)cc1C.Cl. The lowest BCUT2D eigenvalue weighted by molar-refractivity contribution is -0.141. The summed E-state index contributed by atoms with van der Waals surface area (Å²) in [6.45, 7) is 1.92. The number of nitrogens with two attached hydrogens (primary N) is 1. The fraction of sp³-hybridized carbons (Fsp3) is 0.364. The number of methoxy groups -OCH3 is 1. The minimum absolute atomic E-state index is 0. The summed E-state index contributed by atoms with van der Waals surface area (Å²) in [4.78, 5) is 11.0. The van der Waals surface area contributed by atoms with Crippen LogP contribution in [0.1, 0.15) is 23.6 Å². The molecule has 3 nitrogen and oxygen atoms in total. The van der Waals surface area contributed by atoms with Gasteiger partial charge in [-0.25, -0.2) is 0 Å². The summed E-state index contributed by atoms with van der Waals surface area (Å²) < 4.78 is 4.56. The number of esters is 1. The van der Waals surface area contributed by atoms with Crippen LogP contribution < -0.4 is 5.73 Å². The molecule has 90 valence electrons. The molecule has 0 saturated carbocycles. The van der Waals surface area contributed by atoms with E-state index in [0.717, 1.165) is 11.1 Å². The first kappa shape index (κ1) is 15.2. The third-order valence-corrected chi connectivity index (χ3v) is 2.48. The van der Waals surface area contributed by atoms with E-state index in [1.807, 2.05) is 19.1 Å². The molecular weight excluding hydrogens is 249 g/mol. The Morgan fingerprint density at radius 2 is 2.19 bits per heavy atom. The molecule has 0 unspecified atom stereocenters. The number of carbonyl (C=O) groups is 1. The molecule has 0 saturated heterocycles. The van der Waals surface area contributed by atoms with E-state index in [1.165, 1.54) is 7.11 Å². The Labute approximate surface area is 106 Å². The predicted octanol–water partition coefficient (Wildman–Crippen LogP) is 2.63. The molecule has 0 amide bonds. The highest BCUT2D eigenvalue weighted by Gasteiger charge is 2.13. The Kier molecular flexibility index (Phi) is 6.41. The van der Waals surface area contributed by atoms with Gasteiger partial charge in [-0.15, -0.1) is 12.4 Å². The molecule has 0 heterocycles. The molecule has 0 aliphatic heterocycles. The Hall–Kier alpha value is -0.770. The Bertz CT molecular complexity index is 369. The van der Waals surface area contributed by atoms with Crippen LogP contribution in [0, 0.1) is 6.92 Å². The van der Waals surface area contributed by atoms with Crippen molar-refractivity contribution in [2.45, 2.75) is 19.4 Å². The summed E-state index contributed by atoms with van der Waals surface area (Å²) in [7, 11) is 1.35. The predicted molar refractivity (Wildman–Crippen MR) is 67.0 cm³/mol. The van der Waals surface area contributed by atoms with Crippen LogP contribution >= 0.6 is 24.0 Å². The number of rotatable bonds is 3. The van der Waals surface area contributed by atoms with Gasteiger partial charge in [-0.1, -0.05) is 17.7 Å². The van der Waals surface area contributed by atoms with Gasteiger partial charge in [0.25, 0.3) is 0 Å². The summed E-state index contributed by atoms with van der Waals surface area (Å²) in [5, 5.41) is 0.668. The van der Waals surface area contributed by atoms with Crippen molar-refractivity contribution >= 4 is 30.0 Å². The maximum absolute atomic E-state index is 11.0. The number of hydrogen-bond acceptors (Lipinski definition) is 3. The summed E-state index contributed by atoms with van der Waals surface area (Å²) in [6.07, 6.45) is 0.180. The lowest BCUT2D eigenvalue weighted by atomic mass is 10.00. The third kappa shape index (κ3) is 4.00. The highest BCUT2D eigenvalue weighted by atomic mass is 35.5. The maximum atomic E-state index is 11.0. The summed E-state index contributed by atoms with van der Waals surface area (Å²) in [5.41, 5.74) is 7.78. The van der Waals surface area contributed by atoms with Crippen molar-refractivity contribution in [2.24, 2.45) is 5.73 Å². The molecule has 16 heavy (non-hydrogen) atoms. The van der Waals surface area contributed by atoms with Crippen molar-refractivity contribution in [3.63, 3.8) is 0 Å². The molecule has 0 aliphatic carbocycles. The van der Waals surface area contributed by atoms with Crippen molar-refractivity contribution < 1.29 is 9.53 Å². The zero-order chi connectivity index (χ0) is 11.4. The largest absolute Gasteiger partial charge is 0.469 e. The topological polar surface area (TPSA) is 52.3 Å². The molecule has 0 spiro atoms. The Morgan fingerprint density at radius 3 is 2.69 bits per heavy atom. The van der Waals surface area contributed by atoms with Crippen LogP contribution in [0.2, 0.25) is 5.02 Å². The van der Waals surface area contributed by atoms with Gasteiger partial charge in [-0.2, -0.15) is 0 Å². The molecule has 0 bridgehead atoms. The number of hydrogen-bond donors (Lipinski definition) is 1. The monoisotopic (exact) mass is 263 g/mol. The first-order chi connectivity index (χ1) is 7.04. The quantitative estimate of drug-likeness (QED) is 0.854. The number of halogens is 2. The fourth-order valence-corrected chi connectivity index (χ4v) is 1.65. The van der Waals surface area contributed by atoms with E-state index in [4.69, 9.17) is 17.3 Å². The van der Waals surface area contributed by atoms with Gasteiger partial charge >= 0.3 is 5.97 Å². The molecule has 0 radical (unpaired) electrons. The van der Waals surface area contributed by atoms with Gasteiger partial charge in [0, 0.05) is 11.1 Å². The molecular formula is C11H15Cl2NO2. The maximum Gasteiger partial charge on any atom is 0.307 e. The average molecular weight is 264 g/mol. The van der Waals surface area contributed by atoms with Crippen LogP contribution in [0.15, 0.2) is 18.2 Å². The molecule has 1 aromatic rings. The van der Waals surface area contributed by atoms with Crippen LogP contribution in [-0.2, 0) is 9.53 Å². The molecule has 0 aliphatic rings. The average Bonchev–Trinajstić information content (AvgIpc) is 2.17. The van der Waals surface area contributed by atoms with Crippen molar-refractivity contribution in [2.75, 3.05) is 7.11 Å². The smallest absolute Gasteiger partial charge is 0.307 e. The van der Waals surface area contributed by atoms with Gasteiger partial charge in [-0.3, -0.25) is 4.79 Å². The minimum Gasteiger partial charge on any atom is -0.469 e. The van der Waals surface area contributed by atoms with Crippen molar-refractivity contribution in [3.05, 3.63) is 34.3 Å². The lowest BCUT2D eigenvalue weighted by Gasteiger charge is -2.13. The van der Waals surface area contributed by atoms with E-state index in [0.29, 0.717) is 5.02 Å². The fourth-order valence-electron chi connectivity index (χ4n) is 1.43. The zero-order valence-electron chi connectivity index (χ0n) is 9.20. The number of carbonyl (C=O) groups excluding carboxylic acids is 1. The first-order valence-electron chi connectivity index (χ1n) is 4.63. The highest BCUT2D eigenvalue weighted by molar-refractivity contribution is 6.30. The molecule has 5 heteroatoms. The number of benzene rings is 1. The lowest BCUT2D eigenvalue weighted by Crippen LogP contribution is -2.17. The second kappa shape index (κ2) is 6.74. The third-order valence-electron chi connectivity index (χ3n) is 2.25.